The minimum absolute atomic E-state index is 0.0949. The second kappa shape index (κ2) is 6.34. The molecule has 0 heterocycles. The van der Waals surface area contributed by atoms with Gasteiger partial charge in [0.25, 0.3) is 0 Å². The number of nitrogens with two attached hydrogens (primary N) is 1. The molecule has 2 rings (SSSR count). The van der Waals surface area contributed by atoms with Crippen molar-refractivity contribution in [2.24, 2.45) is 0 Å². The molecule has 0 saturated heterocycles. The lowest BCUT2D eigenvalue weighted by atomic mass is 10.2. The standard InChI is InChI=1S/C14H18ClFN2O2S/c1-2-7-18(11-5-3-4-6-11)21(19,20)13-9-10(15)8-12(17)14(13)16/h2,8-9,11H,1,3-7,17H2. The Hall–Kier alpha value is -1.11. The highest BCUT2D eigenvalue weighted by Crippen LogP contribution is 2.32. The zero-order valence-corrected chi connectivity index (χ0v) is 13.1. The lowest BCUT2D eigenvalue weighted by Crippen LogP contribution is -2.39. The summed E-state index contributed by atoms with van der Waals surface area (Å²) in [7, 11) is -4.00. The number of anilines is 1. The fraction of sp³-hybridized carbons (Fsp3) is 0.429. The molecule has 0 amide bonds. The average molecular weight is 333 g/mol. The molecular formula is C14H18ClFN2O2S. The van der Waals surface area contributed by atoms with E-state index in [1.165, 1.54) is 16.4 Å². The summed E-state index contributed by atoms with van der Waals surface area (Å²) in [6.07, 6.45) is 4.97. The molecule has 1 aliphatic rings. The summed E-state index contributed by atoms with van der Waals surface area (Å²) in [5.74, 6) is -0.952. The number of hydrogen-bond acceptors (Lipinski definition) is 3. The highest BCUT2D eigenvalue weighted by atomic mass is 35.5. The zero-order chi connectivity index (χ0) is 15.6. The van der Waals surface area contributed by atoms with Gasteiger partial charge in [0.2, 0.25) is 10.0 Å². The Balaban J connectivity index is 2.50. The quantitative estimate of drug-likeness (QED) is 0.665. The monoisotopic (exact) mass is 332 g/mol. The molecule has 21 heavy (non-hydrogen) atoms. The molecule has 0 radical (unpaired) electrons. The van der Waals surface area contributed by atoms with Gasteiger partial charge in [0.05, 0.1) is 5.69 Å². The van der Waals surface area contributed by atoms with E-state index in [1.54, 1.807) is 0 Å². The van der Waals surface area contributed by atoms with Gasteiger partial charge >= 0.3 is 0 Å². The normalized spacial score (nSPS) is 16.5. The van der Waals surface area contributed by atoms with Crippen molar-refractivity contribution >= 4 is 27.3 Å². The first kappa shape index (κ1) is 16.3. The van der Waals surface area contributed by atoms with E-state index in [2.05, 4.69) is 6.58 Å². The van der Waals surface area contributed by atoms with Crippen LogP contribution in [0.4, 0.5) is 10.1 Å². The van der Waals surface area contributed by atoms with Crippen LogP contribution in [-0.2, 0) is 10.0 Å². The van der Waals surface area contributed by atoms with Crippen LogP contribution in [-0.4, -0.2) is 25.3 Å². The van der Waals surface area contributed by atoms with Crippen molar-refractivity contribution < 1.29 is 12.8 Å². The minimum atomic E-state index is -4.00. The fourth-order valence-electron chi connectivity index (χ4n) is 2.66. The van der Waals surface area contributed by atoms with Crippen molar-refractivity contribution in [3.05, 3.63) is 35.6 Å². The van der Waals surface area contributed by atoms with E-state index < -0.39 is 20.7 Å². The van der Waals surface area contributed by atoms with Crippen LogP contribution in [0, 0.1) is 5.82 Å². The van der Waals surface area contributed by atoms with E-state index in [-0.39, 0.29) is 23.3 Å². The zero-order valence-electron chi connectivity index (χ0n) is 11.6. The third-order valence-corrected chi connectivity index (χ3v) is 5.80. The molecule has 116 valence electrons. The van der Waals surface area contributed by atoms with Gasteiger partial charge in [0.1, 0.15) is 4.90 Å². The predicted molar refractivity (Wildman–Crippen MR) is 82.2 cm³/mol. The van der Waals surface area contributed by atoms with Crippen molar-refractivity contribution in [3.8, 4) is 0 Å². The van der Waals surface area contributed by atoms with Crippen LogP contribution >= 0.6 is 11.6 Å². The maximum atomic E-state index is 14.1. The van der Waals surface area contributed by atoms with Gasteiger partial charge in [-0.25, -0.2) is 12.8 Å². The summed E-state index contributed by atoms with van der Waals surface area (Å²) in [5.41, 5.74) is 5.21. The Labute approximate surface area is 129 Å². The number of hydrogen-bond donors (Lipinski definition) is 1. The summed E-state index contributed by atoms with van der Waals surface area (Å²) >= 11 is 5.82. The number of halogens is 2. The predicted octanol–water partition coefficient (Wildman–Crippen LogP) is 3.18. The first-order valence-electron chi connectivity index (χ1n) is 6.75. The Bertz CT molecular complexity index is 643. The summed E-state index contributed by atoms with van der Waals surface area (Å²) < 4.78 is 41.0. The molecule has 0 aromatic heterocycles. The number of nitrogen functional groups attached to an aromatic ring is 1. The Morgan fingerprint density at radius 2 is 2.05 bits per heavy atom. The van der Waals surface area contributed by atoms with Crippen LogP contribution in [0.5, 0.6) is 0 Å². The topological polar surface area (TPSA) is 63.4 Å². The molecule has 0 bridgehead atoms. The van der Waals surface area contributed by atoms with E-state index in [9.17, 15) is 12.8 Å². The van der Waals surface area contributed by atoms with E-state index in [4.69, 9.17) is 17.3 Å². The van der Waals surface area contributed by atoms with Crippen molar-refractivity contribution in [1.29, 1.82) is 0 Å². The number of sulfonamides is 1. The summed E-state index contributed by atoms with van der Waals surface area (Å²) in [5, 5.41) is 0.0949. The third-order valence-electron chi connectivity index (χ3n) is 3.66. The van der Waals surface area contributed by atoms with Gasteiger partial charge in [-0.1, -0.05) is 30.5 Å². The second-order valence-electron chi connectivity index (χ2n) is 5.11. The number of nitrogens with zero attached hydrogens (tertiary/aromatic N) is 1. The molecule has 1 fully saturated rings. The maximum absolute atomic E-state index is 14.1. The molecule has 1 aromatic rings. The van der Waals surface area contributed by atoms with Crippen LogP contribution in [0.15, 0.2) is 29.7 Å². The maximum Gasteiger partial charge on any atom is 0.246 e. The first-order chi connectivity index (χ1) is 9.87. The van der Waals surface area contributed by atoms with Crippen molar-refractivity contribution in [3.63, 3.8) is 0 Å². The Morgan fingerprint density at radius 3 is 2.62 bits per heavy atom. The van der Waals surface area contributed by atoms with Gasteiger partial charge in [-0.15, -0.1) is 6.58 Å². The molecule has 4 nitrogen and oxygen atoms in total. The van der Waals surface area contributed by atoms with Crippen LogP contribution in [0.1, 0.15) is 25.7 Å². The molecule has 2 N–H and O–H groups in total. The van der Waals surface area contributed by atoms with Gasteiger partial charge < -0.3 is 5.73 Å². The third kappa shape index (κ3) is 3.22. The number of benzene rings is 1. The van der Waals surface area contributed by atoms with E-state index in [0.717, 1.165) is 31.7 Å². The van der Waals surface area contributed by atoms with Crippen molar-refractivity contribution in [2.75, 3.05) is 12.3 Å². The Kier molecular flexibility index (Phi) is 4.91. The lowest BCUT2D eigenvalue weighted by molar-refractivity contribution is 0.346. The highest BCUT2D eigenvalue weighted by molar-refractivity contribution is 7.89. The summed E-state index contributed by atoms with van der Waals surface area (Å²) in [6.45, 7) is 3.72. The van der Waals surface area contributed by atoms with E-state index in [1.807, 2.05) is 0 Å². The summed E-state index contributed by atoms with van der Waals surface area (Å²) in [4.78, 5) is -0.471. The number of rotatable bonds is 5. The average Bonchev–Trinajstić information content (AvgIpc) is 2.93. The van der Waals surface area contributed by atoms with Crippen LogP contribution < -0.4 is 5.73 Å². The van der Waals surface area contributed by atoms with Crippen molar-refractivity contribution in [2.45, 2.75) is 36.6 Å². The Morgan fingerprint density at radius 1 is 1.43 bits per heavy atom. The molecule has 1 aliphatic carbocycles. The first-order valence-corrected chi connectivity index (χ1v) is 8.57. The fourth-order valence-corrected chi connectivity index (χ4v) is 4.73. The second-order valence-corrected chi connectivity index (χ2v) is 7.40. The molecule has 0 unspecified atom stereocenters. The lowest BCUT2D eigenvalue weighted by Gasteiger charge is -2.27. The smallest absolute Gasteiger partial charge is 0.246 e. The molecule has 0 atom stereocenters. The molecule has 7 heteroatoms. The minimum Gasteiger partial charge on any atom is -0.396 e. The van der Waals surface area contributed by atoms with Gasteiger partial charge in [-0.2, -0.15) is 4.31 Å². The molecule has 0 aliphatic heterocycles. The molecular weight excluding hydrogens is 315 g/mol. The molecule has 0 spiro atoms. The van der Waals surface area contributed by atoms with Crippen LogP contribution in [0.3, 0.4) is 0 Å². The molecule has 1 aromatic carbocycles. The largest absolute Gasteiger partial charge is 0.396 e. The summed E-state index contributed by atoms with van der Waals surface area (Å²) in [6, 6.07) is 2.17. The van der Waals surface area contributed by atoms with E-state index in [0.29, 0.717) is 0 Å². The van der Waals surface area contributed by atoms with Crippen LogP contribution in [0.25, 0.3) is 0 Å². The van der Waals surface area contributed by atoms with Gasteiger partial charge in [0, 0.05) is 17.6 Å². The van der Waals surface area contributed by atoms with E-state index >= 15 is 0 Å². The van der Waals surface area contributed by atoms with Gasteiger partial charge in [0.15, 0.2) is 5.82 Å². The SMILES string of the molecule is C=CCN(C1CCCC1)S(=O)(=O)c1cc(Cl)cc(N)c1F. The highest BCUT2D eigenvalue weighted by Gasteiger charge is 2.34. The van der Waals surface area contributed by atoms with Gasteiger partial charge in [-0.3, -0.25) is 0 Å². The van der Waals surface area contributed by atoms with Crippen molar-refractivity contribution in [1.82, 2.24) is 4.31 Å². The van der Waals surface area contributed by atoms with Gasteiger partial charge in [-0.05, 0) is 25.0 Å². The molecule has 1 saturated carbocycles. The van der Waals surface area contributed by atoms with Crippen LogP contribution in [0.2, 0.25) is 5.02 Å².